The highest BCUT2D eigenvalue weighted by Crippen LogP contribution is 2.32. The molecular formula is C15H18N2O5. The minimum absolute atomic E-state index is 0.167. The van der Waals surface area contributed by atoms with E-state index in [1.807, 2.05) is 0 Å². The molecule has 1 heterocycles. The summed E-state index contributed by atoms with van der Waals surface area (Å²) in [7, 11) is 0. The molecule has 0 unspecified atom stereocenters. The molecule has 1 aromatic carbocycles. The third-order valence-electron chi connectivity index (χ3n) is 3.65. The maximum atomic E-state index is 12.1. The lowest BCUT2D eigenvalue weighted by Crippen LogP contribution is -2.20. The van der Waals surface area contributed by atoms with Crippen molar-refractivity contribution in [2.45, 2.75) is 39.2 Å². The van der Waals surface area contributed by atoms with Gasteiger partial charge in [-0.2, -0.15) is 0 Å². The quantitative estimate of drug-likeness (QED) is 0.485. The Hall–Kier alpha value is -2.57. The number of hydrogen-bond donors (Lipinski definition) is 2. The second-order valence-electron chi connectivity index (χ2n) is 5.17. The minimum Gasteiger partial charge on any atom is -0.504 e. The van der Waals surface area contributed by atoms with Gasteiger partial charge in [0.25, 0.3) is 11.2 Å². The number of aromatic nitrogens is 1. The topological polar surface area (TPSA) is 106 Å². The summed E-state index contributed by atoms with van der Waals surface area (Å²) in [6, 6.07) is 3.81. The molecule has 0 fully saturated rings. The van der Waals surface area contributed by atoms with Crippen LogP contribution in [0.25, 0.3) is 10.9 Å². The number of aromatic hydroxyl groups is 2. The first kappa shape index (κ1) is 15.8. The Morgan fingerprint density at radius 2 is 1.91 bits per heavy atom. The number of nitro benzene ring substituents is 1. The molecule has 0 aliphatic carbocycles. The zero-order valence-electron chi connectivity index (χ0n) is 12.3. The van der Waals surface area contributed by atoms with Crippen molar-refractivity contribution in [2.75, 3.05) is 0 Å². The third kappa shape index (κ3) is 2.88. The number of non-ortho nitro benzene ring substituents is 1. The van der Waals surface area contributed by atoms with Crippen LogP contribution in [-0.2, 0) is 6.54 Å². The maximum Gasteiger partial charge on any atom is 0.297 e. The smallest absolute Gasteiger partial charge is 0.297 e. The van der Waals surface area contributed by atoms with Crippen LogP contribution in [0.15, 0.2) is 23.0 Å². The van der Waals surface area contributed by atoms with Gasteiger partial charge in [0.15, 0.2) is 5.75 Å². The summed E-state index contributed by atoms with van der Waals surface area (Å²) < 4.78 is 1.28. The number of pyridine rings is 1. The van der Waals surface area contributed by atoms with Gasteiger partial charge in [-0.05, 0) is 12.5 Å². The van der Waals surface area contributed by atoms with Gasteiger partial charge in [0, 0.05) is 24.1 Å². The molecule has 0 radical (unpaired) electrons. The monoisotopic (exact) mass is 306 g/mol. The van der Waals surface area contributed by atoms with E-state index in [2.05, 4.69) is 6.92 Å². The standard InChI is InChI=1S/C15H18N2O5/c1-2-3-4-5-8-16-12-9-10(17(21)22)6-7-11(12)13(18)14(19)15(16)20/h6-7,9,18-19H,2-5,8H2,1H3. The molecule has 7 nitrogen and oxygen atoms in total. The summed E-state index contributed by atoms with van der Waals surface area (Å²) in [4.78, 5) is 22.5. The van der Waals surface area contributed by atoms with Gasteiger partial charge in [-0.1, -0.05) is 26.2 Å². The average molecular weight is 306 g/mol. The van der Waals surface area contributed by atoms with Gasteiger partial charge in [0.05, 0.1) is 10.4 Å². The summed E-state index contributed by atoms with van der Waals surface area (Å²) in [5, 5.41) is 30.7. The van der Waals surface area contributed by atoms with Crippen molar-refractivity contribution in [2.24, 2.45) is 0 Å². The molecule has 7 heteroatoms. The fourth-order valence-corrected chi connectivity index (χ4v) is 2.44. The lowest BCUT2D eigenvalue weighted by Gasteiger charge is -2.12. The van der Waals surface area contributed by atoms with Gasteiger partial charge in [-0.15, -0.1) is 0 Å². The normalized spacial score (nSPS) is 11.0. The van der Waals surface area contributed by atoms with E-state index >= 15 is 0 Å². The lowest BCUT2D eigenvalue weighted by molar-refractivity contribution is -0.384. The van der Waals surface area contributed by atoms with Gasteiger partial charge < -0.3 is 14.8 Å². The Bertz CT molecular complexity index is 767. The first-order valence-electron chi connectivity index (χ1n) is 7.20. The Balaban J connectivity index is 2.57. The molecule has 0 saturated carbocycles. The highest BCUT2D eigenvalue weighted by molar-refractivity contribution is 5.89. The molecule has 0 spiro atoms. The van der Waals surface area contributed by atoms with Gasteiger partial charge in [0.1, 0.15) is 0 Å². The molecule has 22 heavy (non-hydrogen) atoms. The van der Waals surface area contributed by atoms with E-state index < -0.39 is 22.0 Å². The van der Waals surface area contributed by atoms with Crippen LogP contribution < -0.4 is 5.56 Å². The van der Waals surface area contributed by atoms with E-state index in [0.29, 0.717) is 6.54 Å². The predicted molar refractivity (Wildman–Crippen MR) is 82.3 cm³/mol. The number of rotatable bonds is 6. The molecular weight excluding hydrogens is 288 g/mol. The SMILES string of the molecule is CCCCCCn1c(=O)c(O)c(O)c2ccc([N+](=O)[O-])cc21. The number of hydrogen-bond acceptors (Lipinski definition) is 5. The van der Waals surface area contributed by atoms with Crippen molar-refractivity contribution in [3.8, 4) is 11.5 Å². The van der Waals surface area contributed by atoms with Crippen LogP contribution in [0.4, 0.5) is 5.69 Å². The molecule has 2 aromatic rings. The van der Waals surface area contributed by atoms with Gasteiger partial charge in [0.2, 0.25) is 5.75 Å². The molecule has 118 valence electrons. The number of nitro groups is 1. The Morgan fingerprint density at radius 1 is 1.18 bits per heavy atom. The van der Waals surface area contributed by atoms with E-state index in [4.69, 9.17) is 0 Å². The summed E-state index contributed by atoms with van der Waals surface area (Å²) in [6.45, 7) is 2.40. The van der Waals surface area contributed by atoms with Crippen molar-refractivity contribution in [1.29, 1.82) is 0 Å². The van der Waals surface area contributed by atoms with Gasteiger partial charge in [-0.3, -0.25) is 14.9 Å². The second kappa shape index (κ2) is 6.46. The van der Waals surface area contributed by atoms with E-state index in [9.17, 15) is 25.1 Å². The predicted octanol–water partition coefficient (Wildman–Crippen LogP) is 2.90. The summed E-state index contributed by atoms with van der Waals surface area (Å²) >= 11 is 0. The highest BCUT2D eigenvalue weighted by atomic mass is 16.6. The van der Waals surface area contributed by atoms with E-state index in [1.165, 1.54) is 22.8 Å². The number of nitrogens with zero attached hydrogens (tertiary/aromatic N) is 2. The maximum absolute atomic E-state index is 12.1. The molecule has 0 aliphatic rings. The lowest BCUT2D eigenvalue weighted by atomic mass is 10.1. The molecule has 2 rings (SSSR count). The van der Waals surface area contributed by atoms with Crippen molar-refractivity contribution in [3.63, 3.8) is 0 Å². The van der Waals surface area contributed by atoms with Crippen molar-refractivity contribution in [3.05, 3.63) is 38.7 Å². The fourth-order valence-electron chi connectivity index (χ4n) is 2.44. The zero-order chi connectivity index (χ0) is 16.3. The number of benzene rings is 1. The highest BCUT2D eigenvalue weighted by Gasteiger charge is 2.18. The molecule has 1 aromatic heterocycles. The van der Waals surface area contributed by atoms with Gasteiger partial charge in [-0.25, -0.2) is 0 Å². The molecule has 0 saturated heterocycles. The van der Waals surface area contributed by atoms with Crippen LogP contribution in [-0.4, -0.2) is 19.7 Å². The Morgan fingerprint density at radius 3 is 2.55 bits per heavy atom. The Labute approximate surface area is 126 Å². The van der Waals surface area contributed by atoms with Crippen molar-refractivity contribution < 1.29 is 15.1 Å². The molecule has 0 atom stereocenters. The average Bonchev–Trinajstić information content (AvgIpc) is 2.51. The van der Waals surface area contributed by atoms with Crippen LogP contribution in [0, 0.1) is 10.1 Å². The summed E-state index contributed by atoms with van der Waals surface area (Å²) in [5.74, 6) is -1.27. The number of aryl methyl sites for hydroxylation is 1. The van der Waals surface area contributed by atoms with Crippen molar-refractivity contribution >= 4 is 16.6 Å². The molecule has 0 aliphatic heterocycles. The Kier molecular flexibility index (Phi) is 4.65. The third-order valence-corrected chi connectivity index (χ3v) is 3.65. The van der Waals surface area contributed by atoms with Crippen LogP contribution in [0.1, 0.15) is 32.6 Å². The van der Waals surface area contributed by atoms with Crippen LogP contribution in [0.3, 0.4) is 0 Å². The van der Waals surface area contributed by atoms with E-state index in [0.717, 1.165) is 25.7 Å². The minimum atomic E-state index is -0.734. The van der Waals surface area contributed by atoms with E-state index in [-0.39, 0.29) is 16.6 Å². The second-order valence-corrected chi connectivity index (χ2v) is 5.17. The van der Waals surface area contributed by atoms with Gasteiger partial charge >= 0.3 is 0 Å². The van der Waals surface area contributed by atoms with Crippen LogP contribution >= 0.6 is 0 Å². The van der Waals surface area contributed by atoms with Crippen molar-refractivity contribution in [1.82, 2.24) is 4.57 Å². The fraction of sp³-hybridized carbons (Fsp3) is 0.400. The first-order chi connectivity index (χ1) is 10.5. The van der Waals surface area contributed by atoms with Crippen LogP contribution in [0.2, 0.25) is 0 Å². The van der Waals surface area contributed by atoms with E-state index in [1.54, 1.807) is 0 Å². The number of unbranched alkanes of at least 4 members (excludes halogenated alkanes) is 3. The molecule has 2 N–H and O–H groups in total. The molecule has 0 bridgehead atoms. The first-order valence-corrected chi connectivity index (χ1v) is 7.20. The zero-order valence-corrected chi connectivity index (χ0v) is 12.3. The largest absolute Gasteiger partial charge is 0.504 e. The number of fused-ring (bicyclic) bond motifs is 1. The summed E-state index contributed by atoms with van der Waals surface area (Å²) in [5.41, 5.74) is -0.646. The molecule has 0 amide bonds. The van der Waals surface area contributed by atoms with Crippen LogP contribution in [0.5, 0.6) is 11.5 Å². The summed E-state index contributed by atoms with van der Waals surface area (Å²) in [6.07, 6.45) is 3.70.